The van der Waals surface area contributed by atoms with E-state index >= 15 is 0 Å². The predicted molar refractivity (Wildman–Crippen MR) is 67.0 cm³/mol. The van der Waals surface area contributed by atoms with E-state index in [1.165, 1.54) is 24.8 Å². The molecule has 0 aliphatic carbocycles. The van der Waals surface area contributed by atoms with Crippen molar-refractivity contribution in [3.63, 3.8) is 0 Å². The minimum atomic E-state index is -0.268. The molecule has 0 N–H and O–H groups in total. The van der Waals surface area contributed by atoms with Crippen LogP contribution in [0.25, 0.3) is 0 Å². The van der Waals surface area contributed by atoms with E-state index in [-0.39, 0.29) is 11.6 Å². The summed E-state index contributed by atoms with van der Waals surface area (Å²) in [5, 5.41) is 0. The second kappa shape index (κ2) is 5.15. The van der Waals surface area contributed by atoms with Crippen molar-refractivity contribution < 1.29 is 9.18 Å². The summed E-state index contributed by atoms with van der Waals surface area (Å²) < 4.78 is 13.5. The number of carbonyl (C=O) groups is 1. The molecule has 2 rings (SSSR count). The highest BCUT2D eigenvalue weighted by atomic mass is 32.2. The second-order valence-electron chi connectivity index (χ2n) is 3.58. The van der Waals surface area contributed by atoms with Crippen LogP contribution in [-0.2, 0) is 0 Å². The molecule has 0 unspecified atom stereocenters. The van der Waals surface area contributed by atoms with Crippen LogP contribution in [0.15, 0.2) is 58.3 Å². The summed E-state index contributed by atoms with van der Waals surface area (Å²) in [4.78, 5) is 12.7. The van der Waals surface area contributed by atoms with E-state index in [0.29, 0.717) is 10.5 Å². The molecule has 0 amide bonds. The SMILES string of the molecule is CC(=O)c1ccccc1Sc1ccccc1F. The topological polar surface area (TPSA) is 17.1 Å². The van der Waals surface area contributed by atoms with Crippen LogP contribution in [0.4, 0.5) is 4.39 Å². The molecule has 0 bridgehead atoms. The van der Waals surface area contributed by atoms with E-state index in [1.54, 1.807) is 24.3 Å². The van der Waals surface area contributed by atoms with Crippen LogP contribution in [0.2, 0.25) is 0 Å². The van der Waals surface area contributed by atoms with Gasteiger partial charge in [0.1, 0.15) is 5.82 Å². The summed E-state index contributed by atoms with van der Waals surface area (Å²) in [6.07, 6.45) is 0. The van der Waals surface area contributed by atoms with Crippen LogP contribution in [0.5, 0.6) is 0 Å². The Morgan fingerprint density at radius 2 is 1.59 bits per heavy atom. The van der Waals surface area contributed by atoms with Crippen LogP contribution >= 0.6 is 11.8 Å². The molecule has 0 aromatic heterocycles. The quantitative estimate of drug-likeness (QED) is 0.756. The van der Waals surface area contributed by atoms with Crippen LogP contribution in [0.3, 0.4) is 0 Å². The Morgan fingerprint density at radius 3 is 2.24 bits per heavy atom. The van der Waals surface area contributed by atoms with Gasteiger partial charge in [0, 0.05) is 15.4 Å². The Kier molecular flexibility index (Phi) is 3.59. The minimum Gasteiger partial charge on any atom is -0.294 e. The highest BCUT2D eigenvalue weighted by Gasteiger charge is 2.09. The molecule has 0 fully saturated rings. The van der Waals surface area contributed by atoms with Crippen LogP contribution in [-0.4, -0.2) is 5.78 Å². The normalized spacial score (nSPS) is 10.2. The zero-order chi connectivity index (χ0) is 12.3. The van der Waals surface area contributed by atoms with E-state index in [9.17, 15) is 9.18 Å². The van der Waals surface area contributed by atoms with Crippen LogP contribution in [0.1, 0.15) is 17.3 Å². The van der Waals surface area contributed by atoms with E-state index < -0.39 is 0 Å². The van der Waals surface area contributed by atoms with E-state index in [0.717, 1.165) is 4.90 Å². The monoisotopic (exact) mass is 246 g/mol. The number of hydrogen-bond acceptors (Lipinski definition) is 2. The zero-order valence-electron chi connectivity index (χ0n) is 9.31. The molecule has 0 saturated heterocycles. The highest BCUT2D eigenvalue weighted by molar-refractivity contribution is 7.99. The Morgan fingerprint density at radius 1 is 1.00 bits per heavy atom. The lowest BCUT2D eigenvalue weighted by atomic mass is 10.1. The van der Waals surface area contributed by atoms with Gasteiger partial charge in [0.15, 0.2) is 5.78 Å². The molecule has 86 valence electrons. The first kappa shape index (κ1) is 11.9. The van der Waals surface area contributed by atoms with E-state index in [2.05, 4.69) is 0 Å². The maximum Gasteiger partial charge on any atom is 0.160 e. The van der Waals surface area contributed by atoms with Crippen LogP contribution in [0, 0.1) is 5.82 Å². The Hall–Kier alpha value is -1.61. The number of hydrogen-bond donors (Lipinski definition) is 0. The lowest BCUT2D eigenvalue weighted by Crippen LogP contribution is -1.94. The first-order valence-electron chi connectivity index (χ1n) is 5.21. The molecule has 0 spiro atoms. The number of halogens is 1. The fourth-order valence-electron chi connectivity index (χ4n) is 1.49. The fourth-order valence-corrected chi connectivity index (χ4v) is 2.51. The zero-order valence-corrected chi connectivity index (χ0v) is 10.1. The first-order valence-corrected chi connectivity index (χ1v) is 6.02. The Labute approximate surface area is 104 Å². The number of carbonyl (C=O) groups excluding carboxylic acids is 1. The molecule has 2 aromatic rings. The smallest absolute Gasteiger partial charge is 0.160 e. The van der Waals surface area contributed by atoms with Crippen molar-refractivity contribution in [3.05, 3.63) is 59.9 Å². The molecule has 3 heteroatoms. The van der Waals surface area contributed by atoms with Gasteiger partial charge in [-0.1, -0.05) is 42.1 Å². The molecule has 0 aliphatic heterocycles. The average Bonchev–Trinajstić information content (AvgIpc) is 2.32. The largest absolute Gasteiger partial charge is 0.294 e. The molecule has 0 heterocycles. The van der Waals surface area contributed by atoms with Crippen molar-refractivity contribution in [2.75, 3.05) is 0 Å². The van der Waals surface area contributed by atoms with Gasteiger partial charge in [-0.2, -0.15) is 0 Å². The molecular formula is C14H11FOS. The van der Waals surface area contributed by atoms with Crippen molar-refractivity contribution >= 4 is 17.5 Å². The molecular weight excluding hydrogens is 235 g/mol. The van der Waals surface area contributed by atoms with Crippen molar-refractivity contribution in [2.24, 2.45) is 0 Å². The molecule has 17 heavy (non-hydrogen) atoms. The summed E-state index contributed by atoms with van der Waals surface area (Å²) in [5.74, 6) is -0.278. The van der Waals surface area contributed by atoms with Gasteiger partial charge in [0.05, 0.1) is 0 Å². The van der Waals surface area contributed by atoms with Crippen molar-refractivity contribution in [1.29, 1.82) is 0 Å². The van der Waals surface area contributed by atoms with Crippen LogP contribution < -0.4 is 0 Å². The van der Waals surface area contributed by atoms with Gasteiger partial charge in [-0.25, -0.2) is 4.39 Å². The van der Waals surface area contributed by atoms with Gasteiger partial charge in [0.25, 0.3) is 0 Å². The van der Waals surface area contributed by atoms with Gasteiger partial charge in [-0.15, -0.1) is 0 Å². The maximum absolute atomic E-state index is 13.5. The number of ketones is 1. The third-order valence-corrected chi connectivity index (χ3v) is 3.45. The summed E-state index contributed by atoms with van der Waals surface area (Å²) in [5.41, 5.74) is 0.626. The van der Waals surface area contributed by atoms with Gasteiger partial charge in [-0.3, -0.25) is 4.79 Å². The Balaban J connectivity index is 2.37. The maximum atomic E-state index is 13.5. The molecule has 0 saturated carbocycles. The number of Topliss-reactive ketones (excluding diaryl/α,β-unsaturated/α-hetero) is 1. The van der Waals surface area contributed by atoms with E-state index in [1.807, 2.05) is 18.2 Å². The van der Waals surface area contributed by atoms with Gasteiger partial charge in [0.2, 0.25) is 0 Å². The summed E-state index contributed by atoms with van der Waals surface area (Å²) >= 11 is 1.27. The highest BCUT2D eigenvalue weighted by Crippen LogP contribution is 2.32. The van der Waals surface area contributed by atoms with E-state index in [4.69, 9.17) is 0 Å². The third kappa shape index (κ3) is 2.74. The lowest BCUT2D eigenvalue weighted by Gasteiger charge is -2.06. The second-order valence-corrected chi connectivity index (χ2v) is 4.67. The van der Waals surface area contributed by atoms with Crippen molar-refractivity contribution in [1.82, 2.24) is 0 Å². The minimum absolute atomic E-state index is 0.00978. The van der Waals surface area contributed by atoms with Gasteiger partial charge >= 0.3 is 0 Å². The average molecular weight is 246 g/mol. The molecule has 0 radical (unpaired) electrons. The molecule has 0 atom stereocenters. The number of rotatable bonds is 3. The molecule has 0 aliphatic rings. The summed E-state index contributed by atoms with van der Waals surface area (Å²) in [6, 6.07) is 13.8. The van der Waals surface area contributed by atoms with Gasteiger partial charge < -0.3 is 0 Å². The van der Waals surface area contributed by atoms with Gasteiger partial charge in [-0.05, 0) is 25.1 Å². The van der Waals surface area contributed by atoms with Crippen molar-refractivity contribution in [3.8, 4) is 0 Å². The third-order valence-electron chi connectivity index (χ3n) is 2.32. The Bertz CT molecular complexity index is 551. The standard InChI is InChI=1S/C14H11FOS/c1-10(16)11-6-2-4-8-13(11)17-14-9-5-3-7-12(14)15/h2-9H,1H3. The summed E-state index contributed by atoms with van der Waals surface area (Å²) in [7, 11) is 0. The fraction of sp³-hybridized carbons (Fsp3) is 0.0714. The first-order chi connectivity index (χ1) is 8.18. The summed E-state index contributed by atoms with van der Waals surface area (Å²) in [6.45, 7) is 1.51. The lowest BCUT2D eigenvalue weighted by molar-refractivity contribution is 0.101. The molecule has 2 aromatic carbocycles. The predicted octanol–water partition coefficient (Wildman–Crippen LogP) is 4.18. The van der Waals surface area contributed by atoms with Crippen molar-refractivity contribution in [2.45, 2.75) is 16.7 Å². The number of benzene rings is 2. The molecule has 1 nitrogen and oxygen atoms in total.